The minimum absolute atomic E-state index is 0.0748. The lowest BCUT2D eigenvalue weighted by atomic mass is 10.1. The van der Waals surface area contributed by atoms with Gasteiger partial charge in [0.15, 0.2) is 0 Å². The van der Waals surface area contributed by atoms with Crippen LogP contribution in [0, 0.1) is 0 Å². The number of fused-ring (bicyclic) bond motifs is 1. The molecule has 1 aliphatic heterocycles. The van der Waals surface area contributed by atoms with E-state index >= 15 is 0 Å². The number of carbonyl (C=O) groups is 1. The highest BCUT2D eigenvalue weighted by Crippen LogP contribution is 2.36. The van der Waals surface area contributed by atoms with Crippen molar-refractivity contribution in [1.82, 2.24) is 4.98 Å². The number of aromatic nitrogens is 1. The maximum atomic E-state index is 11.7. The normalized spacial score (nSPS) is 14.3. The van der Waals surface area contributed by atoms with E-state index < -0.39 is 0 Å². The molecule has 1 aliphatic rings. The van der Waals surface area contributed by atoms with Gasteiger partial charge < -0.3 is 15.0 Å². The zero-order valence-electron chi connectivity index (χ0n) is 13.7. The second-order valence-corrected chi connectivity index (χ2v) is 5.71. The molecule has 0 fully saturated rings. The van der Waals surface area contributed by atoms with Crippen molar-refractivity contribution >= 4 is 17.3 Å². The first-order valence-electron chi connectivity index (χ1n) is 7.76. The molecule has 0 radical (unpaired) electrons. The summed E-state index contributed by atoms with van der Waals surface area (Å²) in [4.78, 5) is 17.7. The predicted octanol–water partition coefficient (Wildman–Crippen LogP) is 3.17. The predicted molar refractivity (Wildman–Crippen MR) is 91.0 cm³/mol. The third kappa shape index (κ3) is 2.86. The van der Waals surface area contributed by atoms with Crippen molar-refractivity contribution in [2.75, 3.05) is 23.9 Å². The van der Waals surface area contributed by atoms with Crippen molar-refractivity contribution in [3.8, 4) is 5.75 Å². The molecular formula is C18H21N3O2. The number of ether oxygens (including phenoxy) is 1. The van der Waals surface area contributed by atoms with Gasteiger partial charge in [0.1, 0.15) is 5.75 Å². The average Bonchev–Trinajstić information content (AvgIpc) is 3.00. The maximum absolute atomic E-state index is 11.7. The van der Waals surface area contributed by atoms with Crippen LogP contribution in [0.15, 0.2) is 36.7 Å². The third-order valence-corrected chi connectivity index (χ3v) is 4.28. The number of pyridine rings is 1. The summed E-state index contributed by atoms with van der Waals surface area (Å²) in [5, 5.41) is 3.55. The van der Waals surface area contributed by atoms with Gasteiger partial charge in [-0.05, 0) is 31.5 Å². The van der Waals surface area contributed by atoms with Gasteiger partial charge in [0.05, 0.1) is 19.3 Å². The van der Waals surface area contributed by atoms with Crippen LogP contribution in [0.4, 0.5) is 11.4 Å². The van der Waals surface area contributed by atoms with Crippen LogP contribution in [0.1, 0.15) is 31.0 Å². The van der Waals surface area contributed by atoms with E-state index in [1.165, 1.54) is 5.56 Å². The fraction of sp³-hybridized carbons (Fsp3) is 0.333. The Balaban J connectivity index is 1.88. The summed E-state index contributed by atoms with van der Waals surface area (Å²) >= 11 is 0. The molecule has 0 saturated heterocycles. The van der Waals surface area contributed by atoms with Gasteiger partial charge in [-0.1, -0.05) is 6.07 Å². The van der Waals surface area contributed by atoms with E-state index in [1.807, 2.05) is 23.1 Å². The van der Waals surface area contributed by atoms with Gasteiger partial charge in [-0.3, -0.25) is 9.78 Å². The van der Waals surface area contributed by atoms with Crippen LogP contribution in [0.3, 0.4) is 0 Å². The summed E-state index contributed by atoms with van der Waals surface area (Å²) in [5.74, 6) is 0.857. The van der Waals surface area contributed by atoms with Crippen LogP contribution in [0.5, 0.6) is 5.75 Å². The number of nitrogens with zero attached hydrogens (tertiary/aromatic N) is 2. The molecule has 0 aliphatic carbocycles. The van der Waals surface area contributed by atoms with Gasteiger partial charge in [-0.15, -0.1) is 0 Å². The molecular weight excluding hydrogens is 290 g/mol. The second kappa shape index (κ2) is 6.28. The minimum atomic E-state index is 0.0748. The van der Waals surface area contributed by atoms with E-state index in [9.17, 15) is 4.79 Å². The SMILES string of the molecule is COc1cnccc1C(C)Nc1cccc2c1CCN2C(C)=O. The van der Waals surface area contributed by atoms with E-state index in [0.29, 0.717) is 0 Å². The minimum Gasteiger partial charge on any atom is -0.495 e. The number of rotatable bonds is 4. The quantitative estimate of drug-likeness (QED) is 0.942. The van der Waals surface area contributed by atoms with Gasteiger partial charge >= 0.3 is 0 Å². The van der Waals surface area contributed by atoms with Gasteiger partial charge in [-0.25, -0.2) is 0 Å². The zero-order chi connectivity index (χ0) is 16.4. The van der Waals surface area contributed by atoms with E-state index in [2.05, 4.69) is 23.3 Å². The molecule has 5 heteroatoms. The molecule has 1 aromatic carbocycles. The number of methoxy groups -OCH3 is 1. The number of carbonyl (C=O) groups excluding carboxylic acids is 1. The highest BCUT2D eigenvalue weighted by atomic mass is 16.5. The first-order chi connectivity index (χ1) is 11.1. The Morgan fingerprint density at radius 2 is 2.22 bits per heavy atom. The zero-order valence-corrected chi connectivity index (χ0v) is 13.7. The van der Waals surface area contributed by atoms with E-state index in [-0.39, 0.29) is 11.9 Å². The fourth-order valence-corrected chi connectivity index (χ4v) is 3.13. The summed E-state index contributed by atoms with van der Waals surface area (Å²) in [6.45, 7) is 4.45. The first kappa shape index (κ1) is 15.3. The lowest BCUT2D eigenvalue weighted by Gasteiger charge is -2.20. The molecule has 2 aromatic rings. The van der Waals surface area contributed by atoms with Crippen molar-refractivity contribution < 1.29 is 9.53 Å². The number of benzene rings is 1. The Hall–Kier alpha value is -2.56. The molecule has 1 atom stereocenters. The number of anilines is 2. The van der Waals surface area contributed by atoms with Crippen molar-refractivity contribution in [3.63, 3.8) is 0 Å². The summed E-state index contributed by atoms with van der Waals surface area (Å²) in [5.41, 5.74) is 4.33. The van der Waals surface area contributed by atoms with E-state index in [0.717, 1.165) is 35.7 Å². The van der Waals surface area contributed by atoms with Gasteiger partial charge in [0.25, 0.3) is 0 Å². The topological polar surface area (TPSA) is 54.5 Å². The van der Waals surface area contributed by atoms with Gasteiger partial charge in [0, 0.05) is 42.2 Å². The highest BCUT2D eigenvalue weighted by molar-refractivity contribution is 5.95. The smallest absolute Gasteiger partial charge is 0.223 e. The maximum Gasteiger partial charge on any atom is 0.223 e. The number of hydrogen-bond acceptors (Lipinski definition) is 4. The molecule has 23 heavy (non-hydrogen) atoms. The molecule has 5 nitrogen and oxygen atoms in total. The van der Waals surface area contributed by atoms with Crippen molar-refractivity contribution in [2.45, 2.75) is 26.3 Å². The van der Waals surface area contributed by atoms with Crippen LogP contribution >= 0.6 is 0 Å². The Kier molecular flexibility index (Phi) is 4.19. The molecule has 3 rings (SSSR count). The summed E-state index contributed by atoms with van der Waals surface area (Å²) < 4.78 is 5.39. The lowest BCUT2D eigenvalue weighted by molar-refractivity contribution is -0.116. The molecule has 1 amide bonds. The van der Waals surface area contributed by atoms with Crippen LogP contribution in [0.25, 0.3) is 0 Å². The van der Waals surface area contributed by atoms with Crippen LogP contribution in [0.2, 0.25) is 0 Å². The van der Waals surface area contributed by atoms with E-state index in [4.69, 9.17) is 4.74 Å². The Morgan fingerprint density at radius 1 is 1.39 bits per heavy atom. The molecule has 2 heterocycles. The van der Waals surface area contributed by atoms with E-state index in [1.54, 1.807) is 26.4 Å². The first-order valence-corrected chi connectivity index (χ1v) is 7.76. The van der Waals surface area contributed by atoms with Crippen LogP contribution in [-0.2, 0) is 11.2 Å². The van der Waals surface area contributed by atoms with Gasteiger partial charge in [0.2, 0.25) is 5.91 Å². The standard InChI is InChI=1S/C18H21N3O2/c1-12(14-7-9-19-11-18(14)23-3)20-16-5-4-6-17-15(16)8-10-21(17)13(2)22/h4-7,9,11-12,20H,8,10H2,1-3H3. The van der Waals surface area contributed by atoms with Crippen molar-refractivity contribution in [1.29, 1.82) is 0 Å². The third-order valence-electron chi connectivity index (χ3n) is 4.28. The fourth-order valence-electron chi connectivity index (χ4n) is 3.13. The second-order valence-electron chi connectivity index (χ2n) is 5.71. The molecule has 120 valence electrons. The van der Waals surface area contributed by atoms with Gasteiger partial charge in [-0.2, -0.15) is 0 Å². The van der Waals surface area contributed by atoms with Crippen LogP contribution < -0.4 is 15.0 Å². The molecule has 0 saturated carbocycles. The highest BCUT2D eigenvalue weighted by Gasteiger charge is 2.25. The molecule has 0 bridgehead atoms. The number of nitrogens with one attached hydrogen (secondary N) is 1. The summed E-state index contributed by atoms with van der Waals surface area (Å²) in [7, 11) is 1.65. The molecule has 1 N–H and O–H groups in total. The number of amides is 1. The lowest BCUT2D eigenvalue weighted by Crippen LogP contribution is -2.25. The number of hydrogen-bond donors (Lipinski definition) is 1. The Bertz CT molecular complexity index is 730. The average molecular weight is 311 g/mol. The molecule has 0 spiro atoms. The summed E-state index contributed by atoms with van der Waals surface area (Å²) in [6.07, 6.45) is 4.36. The molecule has 1 aromatic heterocycles. The Morgan fingerprint density at radius 3 is 2.96 bits per heavy atom. The largest absolute Gasteiger partial charge is 0.495 e. The van der Waals surface area contributed by atoms with Crippen LogP contribution in [-0.4, -0.2) is 24.5 Å². The Labute approximate surface area is 136 Å². The summed E-state index contributed by atoms with van der Waals surface area (Å²) in [6, 6.07) is 8.09. The van der Waals surface area contributed by atoms with Crippen molar-refractivity contribution in [2.24, 2.45) is 0 Å². The molecule has 1 unspecified atom stereocenters. The van der Waals surface area contributed by atoms with Crippen molar-refractivity contribution in [3.05, 3.63) is 47.8 Å². The monoisotopic (exact) mass is 311 g/mol.